The van der Waals surface area contributed by atoms with E-state index in [0.29, 0.717) is 30.9 Å². The van der Waals surface area contributed by atoms with Gasteiger partial charge in [0.05, 0.1) is 17.4 Å². The van der Waals surface area contributed by atoms with Crippen molar-refractivity contribution in [1.29, 1.82) is 0 Å². The van der Waals surface area contributed by atoms with Gasteiger partial charge in [-0.3, -0.25) is 4.79 Å². The number of rotatable bonds is 5. The van der Waals surface area contributed by atoms with E-state index < -0.39 is 6.10 Å². The molecule has 0 saturated carbocycles. The van der Waals surface area contributed by atoms with Crippen LogP contribution in [0, 0.1) is 19.8 Å². The molecule has 0 aliphatic carbocycles. The lowest BCUT2D eigenvalue weighted by molar-refractivity contribution is 0.0927. The van der Waals surface area contributed by atoms with Crippen LogP contribution >= 0.6 is 0 Å². The summed E-state index contributed by atoms with van der Waals surface area (Å²) in [6.07, 6.45) is 1.35. The van der Waals surface area contributed by atoms with Crippen LogP contribution in [-0.2, 0) is 0 Å². The highest BCUT2D eigenvalue weighted by atomic mass is 16.3. The molecule has 1 aliphatic rings. The molecule has 2 heterocycles. The number of aromatic nitrogens is 2. The Labute approximate surface area is 170 Å². The Hall–Kier alpha value is -2.96. The van der Waals surface area contributed by atoms with E-state index in [1.807, 2.05) is 56.3 Å². The van der Waals surface area contributed by atoms with Crippen LogP contribution in [0.1, 0.15) is 21.5 Å². The molecule has 3 aromatic rings. The molecular formula is C23H26N4O2. The Kier molecular flexibility index (Phi) is 5.47. The number of β-amino-alcohol motifs (C(OH)–C–C–N with tert-alkyl or cyclic N) is 1. The first-order valence-electron chi connectivity index (χ1n) is 9.92. The van der Waals surface area contributed by atoms with E-state index in [4.69, 9.17) is 5.10 Å². The van der Waals surface area contributed by atoms with E-state index in [2.05, 4.69) is 16.7 Å². The fourth-order valence-corrected chi connectivity index (χ4v) is 3.78. The summed E-state index contributed by atoms with van der Waals surface area (Å²) in [6.45, 7) is 5.78. The molecule has 1 saturated heterocycles. The molecule has 1 amide bonds. The summed E-state index contributed by atoms with van der Waals surface area (Å²) in [5.74, 6) is -0.158. The van der Waals surface area contributed by atoms with E-state index in [9.17, 15) is 9.90 Å². The number of para-hydroxylation sites is 1. The van der Waals surface area contributed by atoms with E-state index in [1.54, 1.807) is 10.9 Å². The monoisotopic (exact) mass is 390 g/mol. The van der Waals surface area contributed by atoms with Crippen molar-refractivity contribution >= 4 is 5.91 Å². The third-order valence-corrected chi connectivity index (χ3v) is 5.45. The first kappa shape index (κ1) is 19.4. The van der Waals surface area contributed by atoms with E-state index in [0.717, 1.165) is 16.8 Å². The average Bonchev–Trinajstić information content (AvgIpc) is 3.33. The first-order chi connectivity index (χ1) is 14.0. The number of nitrogens with zero attached hydrogens (tertiary/aromatic N) is 2. The number of carbonyl (C=O) groups is 1. The van der Waals surface area contributed by atoms with Gasteiger partial charge in [-0.05, 0) is 31.5 Å². The second kappa shape index (κ2) is 8.19. The van der Waals surface area contributed by atoms with Crippen LogP contribution in [0.3, 0.4) is 0 Å². The van der Waals surface area contributed by atoms with Gasteiger partial charge in [0, 0.05) is 37.3 Å². The lowest BCUT2D eigenvalue weighted by atomic mass is 10.00. The molecule has 29 heavy (non-hydrogen) atoms. The van der Waals surface area contributed by atoms with Crippen LogP contribution in [0.15, 0.2) is 54.7 Å². The van der Waals surface area contributed by atoms with Crippen LogP contribution in [0.5, 0.6) is 0 Å². The van der Waals surface area contributed by atoms with Gasteiger partial charge in [0.2, 0.25) is 0 Å². The summed E-state index contributed by atoms with van der Waals surface area (Å²) < 4.78 is 1.75. The summed E-state index contributed by atoms with van der Waals surface area (Å²) in [4.78, 5) is 13.1. The highest BCUT2D eigenvalue weighted by Gasteiger charge is 2.26. The molecule has 6 heteroatoms. The average molecular weight is 390 g/mol. The molecule has 1 fully saturated rings. The molecule has 6 nitrogen and oxygen atoms in total. The van der Waals surface area contributed by atoms with Crippen molar-refractivity contribution < 1.29 is 9.90 Å². The molecule has 0 radical (unpaired) electrons. The summed E-state index contributed by atoms with van der Waals surface area (Å²) >= 11 is 0. The quantitative estimate of drug-likeness (QED) is 0.625. The fraction of sp³-hybridized carbons (Fsp3) is 0.304. The van der Waals surface area contributed by atoms with Crippen LogP contribution < -0.4 is 10.6 Å². The SMILES string of the molecule is Cc1ccc(-c2nn(-c3ccccc3)cc2C(=O)NCC2CNCC2O)c(C)c1. The molecule has 2 aromatic carbocycles. The number of aliphatic hydroxyl groups excluding tert-OH is 1. The minimum Gasteiger partial charge on any atom is -0.391 e. The van der Waals surface area contributed by atoms with Gasteiger partial charge in [0.1, 0.15) is 5.69 Å². The van der Waals surface area contributed by atoms with Gasteiger partial charge in [-0.1, -0.05) is 42.0 Å². The number of benzene rings is 2. The number of hydrogen-bond donors (Lipinski definition) is 3. The summed E-state index contributed by atoms with van der Waals surface area (Å²) in [5.41, 5.74) is 5.27. The Balaban J connectivity index is 1.68. The molecule has 150 valence electrons. The minimum absolute atomic E-state index is 0.0210. The van der Waals surface area contributed by atoms with Crippen LogP contribution in [0.2, 0.25) is 0 Å². The summed E-state index contributed by atoms with van der Waals surface area (Å²) in [5, 5.41) is 20.9. The topological polar surface area (TPSA) is 79.2 Å². The smallest absolute Gasteiger partial charge is 0.255 e. The van der Waals surface area contributed by atoms with Gasteiger partial charge in [0.25, 0.3) is 5.91 Å². The van der Waals surface area contributed by atoms with Gasteiger partial charge in [-0.15, -0.1) is 0 Å². The highest BCUT2D eigenvalue weighted by molar-refractivity contribution is 6.00. The molecule has 0 spiro atoms. The highest BCUT2D eigenvalue weighted by Crippen LogP contribution is 2.27. The van der Waals surface area contributed by atoms with Crippen LogP contribution in [0.4, 0.5) is 0 Å². The molecule has 1 aromatic heterocycles. The van der Waals surface area contributed by atoms with Crippen LogP contribution in [0.25, 0.3) is 16.9 Å². The normalized spacial score (nSPS) is 18.7. The maximum absolute atomic E-state index is 13.1. The van der Waals surface area contributed by atoms with Gasteiger partial charge >= 0.3 is 0 Å². The van der Waals surface area contributed by atoms with E-state index in [1.165, 1.54) is 5.56 Å². The standard InChI is InChI=1S/C23H26N4O2/c1-15-8-9-19(16(2)10-15)22-20(14-27(26-22)18-6-4-3-5-7-18)23(29)25-12-17-11-24-13-21(17)28/h3-10,14,17,21,24,28H,11-13H2,1-2H3,(H,25,29). The Morgan fingerprint density at radius 1 is 1.21 bits per heavy atom. The molecule has 2 unspecified atom stereocenters. The zero-order chi connectivity index (χ0) is 20.4. The van der Waals surface area contributed by atoms with Gasteiger partial charge in [-0.2, -0.15) is 5.10 Å². The molecule has 1 aliphatic heterocycles. The number of amides is 1. The van der Waals surface area contributed by atoms with Crippen molar-refractivity contribution in [2.75, 3.05) is 19.6 Å². The number of nitrogens with one attached hydrogen (secondary N) is 2. The van der Waals surface area contributed by atoms with E-state index >= 15 is 0 Å². The molecule has 0 bridgehead atoms. The molecular weight excluding hydrogens is 364 g/mol. The second-order valence-electron chi connectivity index (χ2n) is 7.69. The predicted molar refractivity (Wildman–Crippen MR) is 113 cm³/mol. The van der Waals surface area contributed by atoms with Gasteiger partial charge < -0.3 is 15.7 Å². The number of aryl methyl sites for hydroxylation is 2. The first-order valence-corrected chi connectivity index (χ1v) is 9.92. The second-order valence-corrected chi connectivity index (χ2v) is 7.69. The molecule has 2 atom stereocenters. The van der Waals surface area contributed by atoms with E-state index in [-0.39, 0.29) is 11.8 Å². The van der Waals surface area contributed by atoms with Crippen molar-refractivity contribution in [2.45, 2.75) is 20.0 Å². The Morgan fingerprint density at radius 3 is 2.69 bits per heavy atom. The van der Waals surface area contributed by atoms with Crippen molar-refractivity contribution in [1.82, 2.24) is 20.4 Å². The third-order valence-electron chi connectivity index (χ3n) is 5.45. The van der Waals surface area contributed by atoms with Gasteiger partial charge in [-0.25, -0.2) is 4.68 Å². The Bertz CT molecular complexity index is 1010. The van der Waals surface area contributed by atoms with Crippen molar-refractivity contribution in [3.05, 3.63) is 71.4 Å². The van der Waals surface area contributed by atoms with Crippen LogP contribution in [-0.4, -0.2) is 46.5 Å². The summed E-state index contributed by atoms with van der Waals surface area (Å²) in [7, 11) is 0. The van der Waals surface area contributed by atoms with Crippen molar-refractivity contribution in [3.63, 3.8) is 0 Å². The Morgan fingerprint density at radius 2 is 2.00 bits per heavy atom. The van der Waals surface area contributed by atoms with Crippen molar-refractivity contribution in [3.8, 4) is 16.9 Å². The lowest BCUT2D eigenvalue weighted by Gasteiger charge is -2.14. The molecule has 4 rings (SSSR count). The number of carbonyl (C=O) groups excluding carboxylic acids is 1. The maximum atomic E-state index is 13.1. The third kappa shape index (κ3) is 4.09. The predicted octanol–water partition coefficient (Wildman–Crippen LogP) is 2.47. The lowest BCUT2D eigenvalue weighted by Crippen LogP contribution is -2.34. The number of aliphatic hydroxyl groups is 1. The van der Waals surface area contributed by atoms with Crippen molar-refractivity contribution in [2.24, 2.45) is 5.92 Å². The maximum Gasteiger partial charge on any atom is 0.255 e. The summed E-state index contributed by atoms with van der Waals surface area (Å²) in [6, 6.07) is 15.9. The fourth-order valence-electron chi connectivity index (χ4n) is 3.78. The zero-order valence-electron chi connectivity index (χ0n) is 16.7. The largest absolute Gasteiger partial charge is 0.391 e. The zero-order valence-corrected chi connectivity index (χ0v) is 16.7. The number of hydrogen-bond acceptors (Lipinski definition) is 4. The molecule has 3 N–H and O–H groups in total. The minimum atomic E-state index is -0.429. The van der Waals surface area contributed by atoms with Gasteiger partial charge in [0.15, 0.2) is 0 Å².